The van der Waals surface area contributed by atoms with Gasteiger partial charge in [-0.05, 0) is 19.3 Å². The van der Waals surface area contributed by atoms with Gasteiger partial charge in [0.15, 0.2) is 5.60 Å². The minimum atomic E-state index is -1.10. The molecule has 0 saturated heterocycles. The van der Waals surface area contributed by atoms with E-state index in [1.165, 1.54) is 0 Å². The van der Waals surface area contributed by atoms with E-state index in [4.69, 9.17) is 9.84 Å². The summed E-state index contributed by atoms with van der Waals surface area (Å²) in [5.41, 5.74) is -1.45. The second-order valence-corrected chi connectivity index (χ2v) is 4.44. The molecule has 1 aliphatic rings. The standard InChI is InChI=1S/C10H18O4/c1-9(2)4-3-5-10(9,8(12)13)14-7-6-11/h11H,3-7H2,1-2H3,(H,12,13). The summed E-state index contributed by atoms with van der Waals surface area (Å²) >= 11 is 0. The number of carboxylic acid groups (broad SMARTS) is 1. The van der Waals surface area contributed by atoms with Crippen molar-refractivity contribution in [3.05, 3.63) is 0 Å². The van der Waals surface area contributed by atoms with E-state index in [2.05, 4.69) is 0 Å². The van der Waals surface area contributed by atoms with E-state index in [9.17, 15) is 9.90 Å². The van der Waals surface area contributed by atoms with Gasteiger partial charge >= 0.3 is 5.97 Å². The summed E-state index contributed by atoms with van der Waals surface area (Å²) in [6.07, 6.45) is 2.25. The molecule has 0 amide bonds. The van der Waals surface area contributed by atoms with Crippen LogP contribution >= 0.6 is 0 Å². The summed E-state index contributed by atoms with van der Waals surface area (Å²) < 4.78 is 5.37. The van der Waals surface area contributed by atoms with Crippen LogP contribution in [0.5, 0.6) is 0 Å². The summed E-state index contributed by atoms with van der Waals surface area (Å²) in [5.74, 6) is -0.909. The van der Waals surface area contributed by atoms with Gasteiger partial charge in [0, 0.05) is 5.41 Å². The molecule has 4 heteroatoms. The predicted molar refractivity (Wildman–Crippen MR) is 51.0 cm³/mol. The second-order valence-electron chi connectivity index (χ2n) is 4.44. The fourth-order valence-corrected chi connectivity index (χ4v) is 2.27. The van der Waals surface area contributed by atoms with E-state index in [0.29, 0.717) is 6.42 Å². The molecule has 0 aliphatic heterocycles. The van der Waals surface area contributed by atoms with Gasteiger partial charge in [-0.3, -0.25) is 0 Å². The Bertz CT molecular complexity index is 224. The minimum Gasteiger partial charge on any atom is -0.479 e. The lowest BCUT2D eigenvalue weighted by Gasteiger charge is -2.37. The van der Waals surface area contributed by atoms with E-state index in [-0.39, 0.29) is 18.6 Å². The molecule has 4 nitrogen and oxygen atoms in total. The third-order valence-electron chi connectivity index (χ3n) is 3.21. The predicted octanol–water partition coefficient (Wildman–Crippen LogP) is 1.03. The molecule has 1 atom stereocenters. The van der Waals surface area contributed by atoms with Crippen LogP contribution in [0, 0.1) is 5.41 Å². The van der Waals surface area contributed by atoms with Crippen molar-refractivity contribution < 1.29 is 19.7 Å². The molecule has 1 rings (SSSR count). The zero-order chi connectivity index (χ0) is 10.8. The van der Waals surface area contributed by atoms with Gasteiger partial charge in [0.1, 0.15) is 0 Å². The Labute approximate surface area is 83.9 Å². The summed E-state index contributed by atoms with van der Waals surface area (Å²) in [7, 11) is 0. The summed E-state index contributed by atoms with van der Waals surface area (Å²) in [5, 5.41) is 17.9. The SMILES string of the molecule is CC1(C)CCCC1(OCCO)C(=O)O. The van der Waals surface area contributed by atoms with Crippen molar-refractivity contribution in [1.29, 1.82) is 0 Å². The van der Waals surface area contributed by atoms with Crippen LogP contribution in [0.2, 0.25) is 0 Å². The Morgan fingerprint density at radius 2 is 2.07 bits per heavy atom. The van der Waals surface area contributed by atoms with Crippen molar-refractivity contribution in [2.45, 2.75) is 38.7 Å². The molecular weight excluding hydrogens is 184 g/mol. The van der Waals surface area contributed by atoms with Crippen molar-refractivity contribution in [1.82, 2.24) is 0 Å². The molecule has 1 fully saturated rings. The molecule has 0 aromatic carbocycles. The lowest BCUT2D eigenvalue weighted by molar-refractivity contribution is -0.181. The van der Waals surface area contributed by atoms with E-state index in [1.807, 2.05) is 13.8 Å². The zero-order valence-electron chi connectivity index (χ0n) is 8.75. The molecule has 1 aliphatic carbocycles. The van der Waals surface area contributed by atoms with Crippen LogP contribution in [0.4, 0.5) is 0 Å². The number of aliphatic hydroxyl groups is 1. The number of hydrogen-bond donors (Lipinski definition) is 2. The number of aliphatic carboxylic acids is 1. The first-order valence-corrected chi connectivity index (χ1v) is 4.94. The summed E-state index contributed by atoms with van der Waals surface area (Å²) in [6, 6.07) is 0. The molecule has 0 aromatic rings. The van der Waals surface area contributed by atoms with E-state index in [0.717, 1.165) is 12.8 Å². The van der Waals surface area contributed by atoms with Crippen LogP contribution < -0.4 is 0 Å². The highest BCUT2D eigenvalue weighted by Crippen LogP contribution is 2.48. The van der Waals surface area contributed by atoms with Gasteiger partial charge in [0.25, 0.3) is 0 Å². The monoisotopic (exact) mass is 202 g/mol. The highest BCUT2D eigenvalue weighted by Gasteiger charge is 2.55. The first-order chi connectivity index (χ1) is 6.46. The molecule has 0 spiro atoms. The van der Waals surface area contributed by atoms with Gasteiger partial charge < -0.3 is 14.9 Å². The molecule has 1 unspecified atom stereocenters. The number of aliphatic hydroxyl groups excluding tert-OH is 1. The van der Waals surface area contributed by atoms with E-state index >= 15 is 0 Å². The van der Waals surface area contributed by atoms with Gasteiger partial charge in [-0.1, -0.05) is 13.8 Å². The van der Waals surface area contributed by atoms with Crippen molar-refractivity contribution in [2.75, 3.05) is 13.2 Å². The average Bonchev–Trinajstić information content (AvgIpc) is 2.38. The molecule has 0 heterocycles. The van der Waals surface area contributed by atoms with Crippen molar-refractivity contribution in [3.8, 4) is 0 Å². The van der Waals surface area contributed by atoms with Crippen LogP contribution in [-0.2, 0) is 9.53 Å². The maximum atomic E-state index is 11.2. The molecular formula is C10H18O4. The topological polar surface area (TPSA) is 66.8 Å². The maximum absolute atomic E-state index is 11.2. The molecule has 2 N–H and O–H groups in total. The summed E-state index contributed by atoms with van der Waals surface area (Å²) in [6.45, 7) is 3.78. The van der Waals surface area contributed by atoms with E-state index < -0.39 is 11.6 Å². The first-order valence-electron chi connectivity index (χ1n) is 4.94. The molecule has 0 radical (unpaired) electrons. The van der Waals surface area contributed by atoms with Crippen LogP contribution in [0.1, 0.15) is 33.1 Å². The van der Waals surface area contributed by atoms with Crippen LogP contribution in [0.15, 0.2) is 0 Å². The van der Waals surface area contributed by atoms with Gasteiger partial charge in [0.2, 0.25) is 0 Å². The Kier molecular flexibility index (Phi) is 3.17. The van der Waals surface area contributed by atoms with Crippen LogP contribution in [0.25, 0.3) is 0 Å². The summed E-state index contributed by atoms with van der Waals surface area (Å²) in [4.78, 5) is 11.2. The third kappa shape index (κ3) is 1.64. The van der Waals surface area contributed by atoms with Crippen LogP contribution in [0.3, 0.4) is 0 Å². The quantitative estimate of drug-likeness (QED) is 0.714. The fraction of sp³-hybridized carbons (Fsp3) is 0.900. The van der Waals surface area contributed by atoms with Crippen LogP contribution in [-0.4, -0.2) is 35.0 Å². The molecule has 0 aromatic heterocycles. The van der Waals surface area contributed by atoms with Crippen molar-refractivity contribution >= 4 is 5.97 Å². The van der Waals surface area contributed by atoms with Gasteiger partial charge in [-0.25, -0.2) is 4.79 Å². The normalized spacial score (nSPS) is 30.5. The third-order valence-corrected chi connectivity index (χ3v) is 3.21. The Morgan fingerprint density at radius 1 is 1.43 bits per heavy atom. The number of carbonyl (C=O) groups is 1. The highest BCUT2D eigenvalue weighted by atomic mass is 16.5. The lowest BCUT2D eigenvalue weighted by atomic mass is 9.77. The highest BCUT2D eigenvalue weighted by molar-refractivity contribution is 5.79. The Balaban J connectivity index is 2.86. The molecule has 82 valence electrons. The minimum absolute atomic E-state index is 0.0930. The largest absolute Gasteiger partial charge is 0.479 e. The Hall–Kier alpha value is -0.610. The van der Waals surface area contributed by atoms with Crippen molar-refractivity contribution in [2.24, 2.45) is 5.41 Å². The smallest absolute Gasteiger partial charge is 0.336 e. The molecule has 14 heavy (non-hydrogen) atoms. The first kappa shape index (κ1) is 11.5. The maximum Gasteiger partial charge on any atom is 0.336 e. The molecule has 1 saturated carbocycles. The number of ether oxygens (including phenoxy) is 1. The average molecular weight is 202 g/mol. The molecule has 0 bridgehead atoms. The van der Waals surface area contributed by atoms with Gasteiger partial charge in [0.05, 0.1) is 13.2 Å². The van der Waals surface area contributed by atoms with Crippen molar-refractivity contribution in [3.63, 3.8) is 0 Å². The number of hydrogen-bond acceptors (Lipinski definition) is 3. The van der Waals surface area contributed by atoms with Gasteiger partial charge in [-0.2, -0.15) is 0 Å². The zero-order valence-corrected chi connectivity index (χ0v) is 8.75. The number of rotatable bonds is 4. The van der Waals surface area contributed by atoms with E-state index in [1.54, 1.807) is 0 Å². The lowest BCUT2D eigenvalue weighted by Crippen LogP contribution is -2.50. The second kappa shape index (κ2) is 3.87. The fourth-order valence-electron chi connectivity index (χ4n) is 2.27. The van der Waals surface area contributed by atoms with Gasteiger partial charge in [-0.15, -0.1) is 0 Å². The number of carboxylic acids is 1. The Morgan fingerprint density at radius 3 is 2.43 bits per heavy atom.